The van der Waals surface area contributed by atoms with Gasteiger partial charge in [0.05, 0.1) is 13.0 Å². The van der Waals surface area contributed by atoms with E-state index in [0.717, 1.165) is 5.56 Å². The third kappa shape index (κ3) is 3.90. The fraction of sp³-hybridized carbons (Fsp3) is 0.429. The molecule has 0 radical (unpaired) electrons. The number of nitrogens with one attached hydrogen (secondary N) is 1. The minimum Gasteiger partial charge on any atom is -0.447 e. The van der Waals surface area contributed by atoms with Crippen LogP contribution in [0.1, 0.15) is 12.0 Å². The summed E-state index contributed by atoms with van der Waals surface area (Å²) >= 11 is 0. The quantitative estimate of drug-likeness (QED) is 0.928. The van der Waals surface area contributed by atoms with Crippen molar-refractivity contribution in [2.75, 3.05) is 18.5 Å². The Morgan fingerprint density at radius 2 is 2.18 bits per heavy atom. The summed E-state index contributed by atoms with van der Waals surface area (Å²) in [5, 5.41) is 2.30. The van der Waals surface area contributed by atoms with Gasteiger partial charge < -0.3 is 10.1 Å². The average molecular weight is 316 g/mol. The number of rotatable bonds is 4. The molecule has 1 aromatic carbocycles. The van der Waals surface area contributed by atoms with Crippen LogP contribution in [0.4, 0.5) is 23.7 Å². The first-order valence-corrected chi connectivity index (χ1v) is 6.64. The lowest BCUT2D eigenvalue weighted by atomic mass is 10.1. The number of ether oxygens (including phenoxy) is 1. The molecule has 0 aliphatic carbocycles. The summed E-state index contributed by atoms with van der Waals surface area (Å²) in [5.41, 5.74) is 1.06. The van der Waals surface area contributed by atoms with Gasteiger partial charge in [0.1, 0.15) is 12.6 Å². The first-order valence-electron chi connectivity index (χ1n) is 6.64. The standard InChI is InChI=1S/C14H15F3N2O3/c1-9-3-2-4-10(7-9)18-11(14(15,16)17)8-12(20)19-5-6-22-13(19)21/h2-4,7,11,18H,5-6,8H2,1H3. The van der Waals surface area contributed by atoms with E-state index in [2.05, 4.69) is 10.1 Å². The van der Waals surface area contributed by atoms with Gasteiger partial charge in [0.2, 0.25) is 5.91 Å². The molecule has 0 saturated carbocycles. The Morgan fingerprint density at radius 1 is 1.45 bits per heavy atom. The largest absolute Gasteiger partial charge is 0.447 e. The zero-order valence-corrected chi connectivity index (χ0v) is 11.8. The van der Waals surface area contributed by atoms with Gasteiger partial charge in [-0.2, -0.15) is 13.2 Å². The molecule has 5 nitrogen and oxygen atoms in total. The summed E-state index contributed by atoms with van der Waals surface area (Å²) in [7, 11) is 0. The summed E-state index contributed by atoms with van der Waals surface area (Å²) in [4.78, 5) is 23.8. The number of nitrogens with zero attached hydrogens (tertiary/aromatic N) is 1. The molecule has 1 heterocycles. The number of benzene rings is 1. The first-order chi connectivity index (χ1) is 10.3. The van der Waals surface area contributed by atoms with Crippen LogP contribution >= 0.6 is 0 Å². The van der Waals surface area contributed by atoms with Crippen LogP contribution in [0.25, 0.3) is 0 Å². The molecular weight excluding hydrogens is 301 g/mol. The average Bonchev–Trinajstić information content (AvgIpc) is 2.83. The highest BCUT2D eigenvalue weighted by atomic mass is 19.4. The first kappa shape index (κ1) is 16.1. The van der Waals surface area contributed by atoms with Crippen LogP contribution < -0.4 is 5.32 Å². The molecule has 1 saturated heterocycles. The number of hydrogen-bond acceptors (Lipinski definition) is 4. The highest BCUT2D eigenvalue weighted by molar-refractivity contribution is 5.93. The highest BCUT2D eigenvalue weighted by Crippen LogP contribution is 2.27. The lowest BCUT2D eigenvalue weighted by molar-refractivity contribution is -0.153. The van der Waals surface area contributed by atoms with Crippen LogP contribution in [0.5, 0.6) is 0 Å². The number of imide groups is 1. The van der Waals surface area contributed by atoms with E-state index in [4.69, 9.17) is 0 Å². The van der Waals surface area contributed by atoms with E-state index in [1.54, 1.807) is 25.1 Å². The van der Waals surface area contributed by atoms with Crippen molar-refractivity contribution >= 4 is 17.7 Å². The van der Waals surface area contributed by atoms with E-state index in [1.165, 1.54) is 6.07 Å². The van der Waals surface area contributed by atoms with Crippen molar-refractivity contribution in [3.05, 3.63) is 29.8 Å². The van der Waals surface area contributed by atoms with Crippen molar-refractivity contribution in [1.82, 2.24) is 4.90 Å². The van der Waals surface area contributed by atoms with E-state index < -0.39 is 30.6 Å². The molecule has 2 amide bonds. The normalized spacial score (nSPS) is 16.4. The SMILES string of the molecule is Cc1cccc(NC(CC(=O)N2CCOC2=O)C(F)(F)F)c1. The van der Waals surface area contributed by atoms with Gasteiger partial charge in [-0.3, -0.25) is 4.79 Å². The lowest BCUT2D eigenvalue weighted by Crippen LogP contribution is -2.42. The lowest BCUT2D eigenvalue weighted by Gasteiger charge is -2.23. The molecule has 1 aromatic rings. The second-order valence-corrected chi connectivity index (χ2v) is 4.97. The summed E-state index contributed by atoms with van der Waals surface area (Å²) in [6.45, 7) is 1.73. The molecule has 1 N–H and O–H groups in total. The zero-order chi connectivity index (χ0) is 16.3. The van der Waals surface area contributed by atoms with Gasteiger partial charge in [-0.05, 0) is 24.6 Å². The third-order valence-corrected chi connectivity index (χ3v) is 3.19. The number of anilines is 1. The number of halogens is 3. The summed E-state index contributed by atoms with van der Waals surface area (Å²) in [6, 6.07) is 4.33. The van der Waals surface area contributed by atoms with Crippen molar-refractivity contribution < 1.29 is 27.5 Å². The van der Waals surface area contributed by atoms with Crippen LogP contribution in [-0.2, 0) is 9.53 Å². The number of alkyl halides is 3. The molecule has 1 atom stereocenters. The van der Waals surface area contributed by atoms with Crippen LogP contribution in [0.3, 0.4) is 0 Å². The smallest absolute Gasteiger partial charge is 0.416 e. The summed E-state index contributed by atoms with van der Waals surface area (Å²) < 4.78 is 43.9. The molecule has 1 fully saturated rings. The van der Waals surface area contributed by atoms with Crippen LogP contribution in [0.15, 0.2) is 24.3 Å². The van der Waals surface area contributed by atoms with Crippen molar-refractivity contribution in [3.63, 3.8) is 0 Å². The van der Waals surface area contributed by atoms with Crippen molar-refractivity contribution in [2.45, 2.75) is 25.6 Å². The molecule has 1 aliphatic heterocycles. The van der Waals surface area contributed by atoms with Gasteiger partial charge in [-0.25, -0.2) is 9.69 Å². The number of carbonyl (C=O) groups is 2. The minimum atomic E-state index is -4.62. The number of cyclic esters (lactones) is 1. The van der Waals surface area contributed by atoms with Crippen molar-refractivity contribution in [2.24, 2.45) is 0 Å². The van der Waals surface area contributed by atoms with Crippen LogP contribution in [-0.4, -0.2) is 42.3 Å². The Morgan fingerprint density at radius 3 is 2.73 bits per heavy atom. The molecule has 0 bridgehead atoms. The molecular formula is C14H15F3N2O3. The maximum absolute atomic E-state index is 13.1. The van der Waals surface area contributed by atoms with Gasteiger partial charge >= 0.3 is 12.3 Å². The van der Waals surface area contributed by atoms with Gasteiger partial charge in [0.25, 0.3) is 0 Å². The molecule has 1 unspecified atom stereocenters. The van der Waals surface area contributed by atoms with Crippen molar-refractivity contribution in [3.8, 4) is 0 Å². The maximum Gasteiger partial charge on any atom is 0.416 e. The number of amides is 2. The van der Waals surface area contributed by atoms with E-state index in [1.807, 2.05) is 0 Å². The van der Waals surface area contributed by atoms with Gasteiger partial charge in [-0.1, -0.05) is 12.1 Å². The second-order valence-electron chi connectivity index (χ2n) is 4.97. The minimum absolute atomic E-state index is 0.00651. The van der Waals surface area contributed by atoms with E-state index in [-0.39, 0.29) is 18.8 Å². The molecule has 0 aromatic heterocycles. The fourth-order valence-electron chi connectivity index (χ4n) is 2.09. The second kappa shape index (κ2) is 6.25. The number of carbonyl (C=O) groups excluding carboxylic acids is 2. The monoisotopic (exact) mass is 316 g/mol. The van der Waals surface area contributed by atoms with Gasteiger partial charge in [0, 0.05) is 5.69 Å². The predicted molar refractivity (Wildman–Crippen MR) is 72.3 cm³/mol. The Bertz CT molecular complexity index is 575. The van der Waals surface area contributed by atoms with E-state index >= 15 is 0 Å². The Hall–Kier alpha value is -2.25. The van der Waals surface area contributed by atoms with Crippen LogP contribution in [0, 0.1) is 6.92 Å². The summed E-state index contributed by atoms with van der Waals surface area (Å²) in [6.07, 6.45) is -6.39. The molecule has 8 heteroatoms. The van der Waals surface area contributed by atoms with Crippen LogP contribution in [0.2, 0.25) is 0 Å². The van der Waals surface area contributed by atoms with Gasteiger partial charge in [0.15, 0.2) is 0 Å². The molecule has 0 spiro atoms. The Kier molecular flexibility index (Phi) is 4.58. The Labute approximate surface area is 125 Å². The molecule has 120 valence electrons. The molecule has 1 aliphatic rings. The molecule has 22 heavy (non-hydrogen) atoms. The maximum atomic E-state index is 13.1. The number of aryl methyl sites for hydroxylation is 1. The predicted octanol–water partition coefficient (Wildman–Crippen LogP) is 2.71. The van der Waals surface area contributed by atoms with Gasteiger partial charge in [-0.15, -0.1) is 0 Å². The fourth-order valence-corrected chi connectivity index (χ4v) is 2.09. The molecule has 2 rings (SSSR count). The zero-order valence-electron chi connectivity index (χ0n) is 11.8. The third-order valence-electron chi connectivity index (χ3n) is 3.19. The van der Waals surface area contributed by atoms with E-state index in [0.29, 0.717) is 4.90 Å². The number of hydrogen-bond donors (Lipinski definition) is 1. The summed E-state index contributed by atoms with van der Waals surface area (Å²) in [5.74, 6) is -0.912. The highest BCUT2D eigenvalue weighted by Gasteiger charge is 2.43. The van der Waals surface area contributed by atoms with Crippen molar-refractivity contribution in [1.29, 1.82) is 0 Å². The topological polar surface area (TPSA) is 58.6 Å². The Balaban J connectivity index is 2.10. The van der Waals surface area contributed by atoms with E-state index in [9.17, 15) is 22.8 Å².